The number of hydrogen-bond acceptors (Lipinski definition) is 3. The highest BCUT2D eigenvalue weighted by molar-refractivity contribution is 7.95. The molecule has 0 saturated carbocycles. The van der Waals surface area contributed by atoms with Gasteiger partial charge in [-0.2, -0.15) is 13.2 Å². The Morgan fingerprint density at radius 1 is 1.43 bits per heavy atom. The second kappa shape index (κ2) is 2.39. The van der Waals surface area contributed by atoms with Gasteiger partial charge in [0, 0.05) is 0 Å². The highest BCUT2D eigenvalue weighted by Crippen LogP contribution is 2.28. The van der Waals surface area contributed by atoms with Crippen molar-refractivity contribution in [1.82, 2.24) is 0 Å². The van der Waals surface area contributed by atoms with Crippen LogP contribution in [0.3, 0.4) is 0 Å². The Kier molecular flexibility index (Phi) is 2.41. The standard InChI is InChI=1S/CH2F3NOS/c2-1(3,4)7-6-5/h5H2. The third-order valence-corrected chi connectivity index (χ3v) is 0.428. The molecular weight excluding hydrogens is 131 g/mol. The van der Waals surface area contributed by atoms with E-state index in [2.05, 4.69) is 10.2 Å². The van der Waals surface area contributed by atoms with E-state index < -0.39 is 17.6 Å². The highest BCUT2D eigenvalue weighted by Gasteiger charge is 2.29. The van der Waals surface area contributed by atoms with Gasteiger partial charge in [0.2, 0.25) is 0 Å². The average Bonchev–Trinajstić information content (AvgIpc) is 1.30. The molecule has 0 aliphatic heterocycles. The summed E-state index contributed by atoms with van der Waals surface area (Å²) < 4.78 is 35.6. The highest BCUT2D eigenvalue weighted by atomic mass is 32.2. The molecule has 0 aromatic carbocycles. The van der Waals surface area contributed by atoms with Crippen molar-refractivity contribution in [2.75, 3.05) is 0 Å². The number of rotatable bonds is 1. The fourth-order valence-corrected chi connectivity index (χ4v) is 0.164. The maximum absolute atomic E-state index is 10.8. The summed E-state index contributed by atoms with van der Waals surface area (Å²) >= 11 is -0.734. The molecule has 0 spiro atoms. The lowest BCUT2D eigenvalue weighted by atomic mass is 11.6. The largest absolute Gasteiger partial charge is 0.469 e. The molecule has 44 valence electrons. The Morgan fingerprint density at radius 2 is 1.86 bits per heavy atom. The van der Waals surface area contributed by atoms with Crippen LogP contribution in [0.1, 0.15) is 0 Å². The van der Waals surface area contributed by atoms with E-state index in [0.29, 0.717) is 0 Å². The molecule has 0 radical (unpaired) electrons. The van der Waals surface area contributed by atoms with Crippen molar-refractivity contribution in [2.24, 2.45) is 5.90 Å². The molecule has 0 aliphatic rings. The van der Waals surface area contributed by atoms with Crippen molar-refractivity contribution in [3.05, 3.63) is 0 Å². The average molecular weight is 133 g/mol. The van der Waals surface area contributed by atoms with Gasteiger partial charge >= 0.3 is 5.51 Å². The minimum absolute atomic E-state index is 0.734. The van der Waals surface area contributed by atoms with Gasteiger partial charge in [0.05, 0.1) is 0 Å². The third kappa shape index (κ3) is 6.06. The molecule has 2 N–H and O–H groups in total. The predicted molar refractivity (Wildman–Crippen MR) is 18.9 cm³/mol. The molecule has 7 heavy (non-hydrogen) atoms. The molecule has 0 heterocycles. The van der Waals surface area contributed by atoms with Gasteiger partial charge in [-0.25, -0.2) is 10.2 Å². The summed E-state index contributed by atoms with van der Waals surface area (Å²) in [5, 5.41) is 0. The first kappa shape index (κ1) is 7.06. The molecular formula is CH2F3NOS. The Morgan fingerprint density at radius 3 is 1.86 bits per heavy atom. The minimum Gasteiger partial charge on any atom is -0.225 e. The van der Waals surface area contributed by atoms with Gasteiger partial charge in [0.25, 0.3) is 0 Å². The zero-order valence-corrected chi connectivity index (χ0v) is 3.84. The molecule has 0 amide bonds. The Balaban J connectivity index is 3.15. The van der Waals surface area contributed by atoms with Crippen molar-refractivity contribution in [3.8, 4) is 0 Å². The number of halogens is 3. The van der Waals surface area contributed by atoms with E-state index in [0.717, 1.165) is 0 Å². The number of alkyl halides is 3. The van der Waals surface area contributed by atoms with Crippen LogP contribution < -0.4 is 5.90 Å². The zero-order valence-electron chi connectivity index (χ0n) is 3.03. The molecule has 0 aromatic rings. The molecule has 0 aliphatic carbocycles. The summed E-state index contributed by atoms with van der Waals surface area (Å²) in [6, 6.07) is 0. The SMILES string of the molecule is NOSC(F)(F)F. The lowest BCUT2D eigenvalue weighted by Crippen LogP contribution is -2.03. The van der Waals surface area contributed by atoms with E-state index in [9.17, 15) is 13.2 Å². The normalized spacial score (nSPS) is 12.0. The van der Waals surface area contributed by atoms with Crippen LogP contribution in [0.5, 0.6) is 0 Å². The quantitative estimate of drug-likeness (QED) is 0.428. The van der Waals surface area contributed by atoms with Crippen molar-refractivity contribution < 1.29 is 17.5 Å². The van der Waals surface area contributed by atoms with Crippen molar-refractivity contribution >= 4 is 12.0 Å². The first-order valence-corrected chi connectivity index (χ1v) is 1.92. The summed E-state index contributed by atoms with van der Waals surface area (Å²) in [6.07, 6.45) is 0. The van der Waals surface area contributed by atoms with Crippen LogP contribution >= 0.6 is 12.0 Å². The van der Waals surface area contributed by atoms with Crippen LogP contribution in [-0.2, 0) is 4.28 Å². The summed E-state index contributed by atoms with van der Waals surface area (Å²) in [7, 11) is 0. The smallest absolute Gasteiger partial charge is 0.225 e. The Bertz CT molecular complexity index is 53.4. The van der Waals surface area contributed by atoms with Crippen LogP contribution in [0.2, 0.25) is 0 Å². The maximum atomic E-state index is 10.8. The monoisotopic (exact) mass is 133 g/mol. The van der Waals surface area contributed by atoms with Crippen LogP contribution in [0, 0.1) is 0 Å². The molecule has 0 rings (SSSR count). The van der Waals surface area contributed by atoms with Gasteiger partial charge in [0.1, 0.15) is 12.0 Å². The maximum Gasteiger partial charge on any atom is 0.469 e. The fourth-order valence-electron chi connectivity index (χ4n) is 0.0546. The molecule has 0 aromatic heterocycles. The lowest BCUT2D eigenvalue weighted by Gasteiger charge is -1.97. The van der Waals surface area contributed by atoms with Crippen LogP contribution in [-0.4, -0.2) is 5.51 Å². The van der Waals surface area contributed by atoms with Gasteiger partial charge in [-0.3, -0.25) is 0 Å². The number of nitrogens with two attached hydrogens (primary N) is 1. The van der Waals surface area contributed by atoms with Crippen molar-refractivity contribution in [1.29, 1.82) is 0 Å². The van der Waals surface area contributed by atoms with Gasteiger partial charge in [-0.1, -0.05) is 0 Å². The Labute approximate surface area is 42.0 Å². The number of hydrogen-bond donors (Lipinski definition) is 1. The molecule has 0 atom stereocenters. The van der Waals surface area contributed by atoms with Crippen LogP contribution in [0.25, 0.3) is 0 Å². The molecule has 2 nitrogen and oxygen atoms in total. The van der Waals surface area contributed by atoms with E-state index in [1.807, 2.05) is 0 Å². The van der Waals surface area contributed by atoms with Gasteiger partial charge in [-0.15, -0.1) is 0 Å². The third-order valence-electron chi connectivity index (χ3n) is 0.143. The van der Waals surface area contributed by atoms with Crippen molar-refractivity contribution in [3.63, 3.8) is 0 Å². The molecule has 0 saturated heterocycles. The predicted octanol–water partition coefficient (Wildman–Crippen LogP) is 1.04. The molecule has 0 fully saturated rings. The minimum atomic E-state index is -4.38. The fraction of sp³-hybridized carbons (Fsp3) is 1.00. The van der Waals surface area contributed by atoms with Crippen LogP contribution in [0.15, 0.2) is 0 Å². The summed E-state index contributed by atoms with van der Waals surface area (Å²) in [4.78, 5) is 0. The van der Waals surface area contributed by atoms with Gasteiger partial charge in [-0.05, 0) is 0 Å². The van der Waals surface area contributed by atoms with Crippen molar-refractivity contribution in [2.45, 2.75) is 5.51 Å². The first-order chi connectivity index (χ1) is 3.06. The molecule has 6 heteroatoms. The summed E-state index contributed by atoms with van der Waals surface area (Å²) in [5.74, 6) is 4.06. The zero-order chi connectivity index (χ0) is 5.91. The first-order valence-electron chi connectivity index (χ1n) is 1.17. The topological polar surface area (TPSA) is 35.2 Å². The molecule has 0 unspecified atom stereocenters. The van der Waals surface area contributed by atoms with E-state index in [1.54, 1.807) is 0 Å². The Hall–Kier alpha value is 0.0600. The second-order valence-electron chi connectivity index (χ2n) is 0.625. The van der Waals surface area contributed by atoms with Gasteiger partial charge < -0.3 is 0 Å². The van der Waals surface area contributed by atoms with Gasteiger partial charge in [0.15, 0.2) is 0 Å². The second-order valence-corrected chi connectivity index (χ2v) is 1.45. The summed E-state index contributed by atoms with van der Waals surface area (Å²) in [6.45, 7) is 0. The lowest BCUT2D eigenvalue weighted by molar-refractivity contribution is -0.0397. The van der Waals surface area contributed by atoms with E-state index in [-0.39, 0.29) is 0 Å². The van der Waals surface area contributed by atoms with E-state index in [1.165, 1.54) is 0 Å². The van der Waals surface area contributed by atoms with E-state index in [4.69, 9.17) is 0 Å². The van der Waals surface area contributed by atoms with Crippen LogP contribution in [0.4, 0.5) is 13.2 Å². The summed E-state index contributed by atoms with van der Waals surface area (Å²) in [5.41, 5.74) is -4.38. The van der Waals surface area contributed by atoms with E-state index >= 15 is 0 Å². The molecule has 0 bridgehead atoms.